The second kappa shape index (κ2) is 5.69. The molecule has 0 atom stereocenters. The molecule has 1 aromatic carbocycles. The number of benzene rings is 1. The summed E-state index contributed by atoms with van der Waals surface area (Å²) in [4.78, 5) is 21.9. The van der Waals surface area contributed by atoms with Gasteiger partial charge in [0.25, 0.3) is 5.91 Å². The fourth-order valence-electron chi connectivity index (χ4n) is 2.32. The van der Waals surface area contributed by atoms with E-state index in [1.165, 1.54) is 10.4 Å². The minimum Gasteiger partial charge on any atom is -0.344 e. The van der Waals surface area contributed by atoms with Gasteiger partial charge in [-0.05, 0) is 37.1 Å². The van der Waals surface area contributed by atoms with Gasteiger partial charge in [-0.1, -0.05) is 19.1 Å². The average Bonchev–Trinajstić information content (AvgIpc) is 3.07. The van der Waals surface area contributed by atoms with Crippen molar-refractivity contribution < 1.29 is 4.79 Å². The number of para-hydroxylation sites is 2. The maximum Gasteiger partial charge on any atom is 0.261 e. The topological polar surface area (TPSA) is 57.8 Å². The molecule has 2 N–H and O–H groups in total. The first kappa shape index (κ1) is 13.8. The predicted molar refractivity (Wildman–Crippen MR) is 85.7 cm³/mol. The molecule has 3 aromatic rings. The quantitative estimate of drug-likeness (QED) is 0.775. The van der Waals surface area contributed by atoms with E-state index in [1.54, 1.807) is 11.3 Å². The highest BCUT2D eigenvalue weighted by Crippen LogP contribution is 2.22. The lowest BCUT2D eigenvalue weighted by Crippen LogP contribution is -2.22. The number of carbonyl (C=O) groups excluding carboxylic acids is 1. The van der Waals surface area contributed by atoms with E-state index in [1.807, 2.05) is 37.3 Å². The molecule has 1 amide bonds. The lowest BCUT2D eigenvalue weighted by Gasteiger charge is -2.00. The summed E-state index contributed by atoms with van der Waals surface area (Å²) >= 11 is 1.57. The molecule has 0 radical (unpaired) electrons. The van der Waals surface area contributed by atoms with Gasteiger partial charge in [-0.2, -0.15) is 0 Å². The van der Waals surface area contributed by atoms with Crippen LogP contribution in [-0.2, 0) is 13.0 Å². The Balaban J connectivity index is 1.70. The molecular formula is C16H17N3OS. The van der Waals surface area contributed by atoms with Gasteiger partial charge in [0.1, 0.15) is 5.82 Å². The molecule has 2 aromatic heterocycles. The molecule has 4 nitrogen and oxygen atoms in total. The normalized spacial score (nSPS) is 11.0. The van der Waals surface area contributed by atoms with Crippen LogP contribution in [0.5, 0.6) is 0 Å². The van der Waals surface area contributed by atoms with Crippen molar-refractivity contribution in [1.82, 2.24) is 15.3 Å². The fraction of sp³-hybridized carbons (Fsp3) is 0.250. The van der Waals surface area contributed by atoms with Crippen LogP contribution in [0.4, 0.5) is 0 Å². The Hall–Kier alpha value is -2.14. The molecule has 5 heteroatoms. The number of amides is 1. The van der Waals surface area contributed by atoms with E-state index >= 15 is 0 Å². The van der Waals surface area contributed by atoms with Crippen LogP contribution >= 0.6 is 11.3 Å². The van der Waals surface area contributed by atoms with E-state index in [9.17, 15) is 4.79 Å². The van der Waals surface area contributed by atoms with Crippen molar-refractivity contribution >= 4 is 28.3 Å². The van der Waals surface area contributed by atoms with Gasteiger partial charge in [-0.15, -0.1) is 11.3 Å². The zero-order chi connectivity index (χ0) is 14.8. The molecule has 0 aliphatic carbocycles. The second-order valence-corrected chi connectivity index (χ2v) is 6.09. The number of hydrogen-bond donors (Lipinski definition) is 2. The largest absolute Gasteiger partial charge is 0.344 e. The van der Waals surface area contributed by atoms with Crippen LogP contribution in [0.2, 0.25) is 0 Å². The molecule has 0 unspecified atom stereocenters. The van der Waals surface area contributed by atoms with E-state index in [0.717, 1.165) is 28.2 Å². The highest BCUT2D eigenvalue weighted by atomic mass is 32.1. The summed E-state index contributed by atoms with van der Waals surface area (Å²) in [6, 6.07) is 9.80. The molecule has 21 heavy (non-hydrogen) atoms. The van der Waals surface area contributed by atoms with Gasteiger partial charge in [0.05, 0.1) is 22.5 Å². The minimum atomic E-state index is -0.0387. The number of nitrogens with one attached hydrogen (secondary N) is 2. The van der Waals surface area contributed by atoms with Gasteiger partial charge in [-0.25, -0.2) is 4.98 Å². The number of fused-ring (bicyclic) bond motifs is 1. The molecule has 108 valence electrons. The van der Waals surface area contributed by atoms with Crippen LogP contribution < -0.4 is 5.32 Å². The van der Waals surface area contributed by atoms with E-state index in [2.05, 4.69) is 22.2 Å². The van der Waals surface area contributed by atoms with Gasteiger partial charge in [-0.3, -0.25) is 4.79 Å². The molecule has 0 saturated heterocycles. The van der Waals surface area contributed by atoms with E-state index < -0.39 is 0 Å². The van der Waals surface area contributed by atoms with Crippen molar-refractivity contribution in [3.8, 4) is 0 Å². The number of rotatable bonds is 4. The van der Waals surface area contributed by atoms with E-state index in [0.29, 0.717) is 6.54 Å². The maximum absolute atomic E-state index is 12.2. The Morgan fingerprint density at radius 3 is 2.90 bits per heavy atom. The van der Waals surface area contributed by atoms with Crippen LogP contribution in [-0.4, -0.2) is 15.9 Å². The van der Waals surface area contributed by atoms with Gasteiger partial charge < -0.3 is 10.3 Å². The number of imidazole rings is 1. The zero-order valence-corrected chi connectivity index (χ0v) is 12.9. The standard InChI is InChI=1S/C16H17N3OS/c1-3-13-10(2)8-14(21-13)16(20)17-9-15-18-11-6-4-5-7-12(11)19-15/h4-8H,3,9H2,1-2H3,(H,17,20)(H,18,19). The van der Waals surface area contributed by atoms with Crippen molar-refractivity contribution in [3.05, 3.63) is 51.5 Å². The zero-order valence-electron chi connectivity index (χ0n) is 12.1. The lowest BCUT2D eigenvalue weighted by atomic mass is 10.2. The van der Waals surface area contributed by atoms with Gasteiger partial charge >= 0.3 is 0 Å². The van der Waals surface area contributed by atoms with Crippen molar-refractivity contribution in [3.63, 3.8) is 0 Å². The molecular weight excluding hydrogens is 282 g/mol. The number of H-pyrrole nitrogens is 1. The molecule has 0 bridgehead atoms. The number of thiophene rings is 1. The molecule has 0 saturated carbocycles. The van der Waals surface area contributed by atoms with Gasteiger partial charge in [0.2, 0.25) is 0 Å². The Bertz CT molecular complexity index is 755. The van der Waals surface area contributed by atoms with Crippen LogP contribution in [0.25, 0.3) is 11.0 Å². The van der Waals surface area contributed by atoms with E-state index in [4.69, 9.17) is 0 Å². The fourth-order valence-corrected chi connectivity index (χ4v) is 3.35. The Morgan fingerprint density at radius 2 is 2.19 bits per heavy atom. The first-order chi connectivity index (χ1) is 10.2. The second-order valence-electron chi connectivity index (χ2n) is 4.95. The monoisotopic (exact) mass is 299 g/mol. The van der Waals surface area contributed by atoms with Crippen molar-refractivity contribution in [2.75, 3.05) is 0 Å². The van der Waals surface area contributed by atoms with Crippen LogP contribution in [0, 0.1) is 6.92 Å². The summed E-state index contributed by atoms with van der Waals surface area (Å²) in [6.07, 6.45) is 0.966. The molecule has 0 aliphatic heterocycles. The SMILES string of the molecule is CCc1sc(C(=O)NCc2nc3ccccc3[nH]2)cc1C. The number of aromatic nitrogens is 2. The molecule has 0 spiro atoms. The summed E-state index contributed by atoms with van der Waals surface area (Å²) in [7, 11) is 0. The van der Waals surface area contributed by atoms with Crippen LogP contribution in [0.1, 0.15) is 32.9 Å². The van der Waals surface area contributed by atoms with Crippen LogP contribution in [0.3, 0.4) is 0 Å². The minimum absolute atomic E-state index is 0.0387. The highest BCUT2D eigenvalue weighted by molar-refractivity contribution is 7.14. The predicted octanol–water partition coefficient (Wildman–Crippen LogP) is 3.43. The third kappa shape index (κ3) is 2.83. The first-order valence-electron chi connectivity index (χ1n) is 6.98. The molecule has 2 heterocycles. The first-order valence-corrected chi connectivity index (χ1v) is 7.80. The van der Waals surface area contributed by atoms with Crippen LogP contribution in [0.15, 0.2) is 30.3 Å². The Labute approximate surface area is 127 Å². The van der Waals surface area contributed by atoms with Crippen molar-refractivity contribution in [2.24, 2.45) is 0 Å². The summed E-state index contributed by atoms with van der Waals surface area (Å²) in [5, 5.41) is 2.92. The third-order valence-corrected chi connectivity index (χ3v) is 4.80. The summed E-state index contributed by atoms with van der Waals surface area (Å²) in [5.74, 6) is 0.733. The average molecular weight is 299 g/mol. The number of nitrogens with zero attached hydrogens (tertiary/aromatic N) is 1. The number of hydrogen-bond acceptors (Lipinski definition) is 3. The van der Waals surface area contributed by atoms with Crippen molar-refractivity contribution in [1.29, 1.82) is 0 Å². The maximum atomic E-state index is 12.2. The third-order valence-electron chi connectivity index (χ3n) is 3.42. The highest BCUT2D eigenvalue weighted by Gasteiger charge is 2.12. The van der Waals surface area contributed by atoms with E-state index in [-0.39, 0.29) is 5.91 Å². The number of carbonyl (C=O) groups is 1. The number of aryl methyl sites for hydroxylation is 2. The summed E-state index contributed by atoms with van der Waals surface area (Å²) < 4.78 is 0. The molecule has 0 fully saturated rings. The smallest absolute Gasteiger partial charge is 0.261 e. The summed E-state index contributed by atoms with van der Waals surface area (Å²) in [6.45, 7) is 4.56. The number of aromatic amines is 1. The lowest BCUT2D eigenvalue weighted by molar-refractivity contribution is 0.0954. The van der Waals surface area contributed by atoms with Gasteiger partial charge in [0.15, 0.2) is 0 Å². The molecule has 0 aliphatic rings. The van der Waals surface area contributed by atoms with Crippen molar-refractivity contribution in [2.45, 2.75) is 26.8 Å². The summed E-state index contributed by atoms with van der Waals surface area (Å²) in [5.41, 5.74) is 3.10. The Kier molecular flexibility index (Phi) is 3.75. The van der Waals surface area contributed by atoms with Gasteiger partial charge in [0, 0.05) is 4.88 Å². The Morgan fingerprint density at radius 1 is 1.38 bits per heavy atom. The molecule has 3 rings (SSSR count).